The number of nitrogens with zero attached hydrogens (tertiary/aromatic N) is 1. The van der Waals surface area contributed by atoms with E-state index in [9.17, 15) is 14.7 Å². The lowest BCUT2D eigenvalue weighted by molar-refractivity contribution is -0.123. The number of aromatic hydroxyl groups is 1. The predicted molar refractivity (Wildman–Crippen MR) is 91.0 cm³/mol. The van der Waals surface area contributed by atoms with Gasteiger partial charge < -0.3 is 15.2 Å². The lowest BCUT2D eigenvalue weighted by atomic mass is 10.2. The highest BCUT2D eigenvalue weighted by Gasteiger charge is 2.27. The van der Waals surface area contributed by atoms with Crippen LogP contribution in [0.4, 0.5) is 11.4 Å². The van der Waals surface area contributed by atoms with Crippen LogP contribution < -0.4 is 15.0 Å². The van der Waals surface area contributed by atoms with Gasteiger partial charge in [-0.2, -0.15) is 0 Å². The molecular formula is C16H12Cl2N2O4. The molecule has 3 rings (SSSR count). The van der Waals surface area contributed by atoms with Crippen LogP contribution in [0.3, 0.4) is 0 Å². The van der Waals surface area contributed by atoms with E-state index in [-0.39, 0.29) is 30.5 Å². The molecule has 2 N–H and O–H groups in total. The second kappa shape index (κ2) is 6.59. The summed E-state index contributed by atoms with van der Waals surface area (Å²) < 4.78 is 5.32. The fraction of sp³-hybridized carbons (Fsp3) is 0.125. The van der Waals surface area contributed by atoms with E-state index in [1.165, 1.54) is 23.1 Å². The second-order valence-corrected chi connectivity index (χ2v) is 5.96. The van der Waals surface area contributed by atoms with Crippen LogP contribution in [0, 0.1) is 0 Å². The summed E-state index contributed by atoms with van der Waals surface area (Å²) in [5, 5.41) is 13.1. The zero-order valence-electron chi connectivity index (χ0n) is 12.3. The molecule has 1 aliphatic heterocycles. The van der Waals surface area contributed by atoms with Crippen molar-refractivity contribution in [3.8, 4) is 11.5 Å². The van der Waals surface area contributed by atoms with Crippen LogP contribution in [0.25, 0.3) is 0 Å². The quantitative estimate of drug-likeness (QED) is 0.818. The first-order valence-electron chi connectivity index (χ1n) is 6.95. The standard InChI is InChI=1S/C16H12Cl2N2O4/c17-9-2-4-14-12(5-9)20(16(23)8-24-14)7-15(22)19-11-3-1-10(18)6-13(11)21/h1-6,21H,7-8H2,(H,19,22). The molecule has 2 aromatic rings. The molecule has 124 valence electrons. The molecule has 0 aromatic heterocycles. The van der Waals surface area contributed by atoms with Gasteiger partial charge in [0.25, 0.3) is 5.91 Å². The molecule has 0 aliphatic carbocycles. The van der Waals surface area contributed by atoms with Gasteiger partial charge in [-0.05, 0) is 30.3 Å². The molecule has 8 heteroatoms. The summed E-state index contributed by atoms with van der Waals surface area (Å²) in [6.45, 7) is -0.397. The molecule has 0 fully saturated rings. The van der Waals surface area contributed by atoms with Gasteiger partial charge in [0.05, 0.1) is 11.4 Å². The van der Waals surface area contributed by atoms with Crippen molar-refractivity contribution in [1.82, 2.24) is 0 Å². The summed E-state index contributed by atoms with van der Waals surface area (Å²) in [7, 11) is 0. The van der Waals surface area contributed by atoms with Crippen LogP contribution in [0.1, 0.15) is 0 Å². The molecule has 24 heavy (non-hydrogen) atoms. The summed E-state index contributed by atoms with van der Waals surface area (Å²) in [6.07, 6.45) is 0. The number of hydrogen-bond acceptors (Lipinski definition) is 4. The number of rotatable bonds is 3. The average molecular weight is 367 g/mol. The van der Waals surface area contributed by atoms with Crippen molar-refractivity contribution in [3.05, 3.63) is 46.4 Å². The van der Waals surface area contributed by atoms with E-state index in [2.05, 4.69) is 5.32 Å². The summed E-state index contributed by atoms with van der Waals surface area (Å²) in [5.74, 6) is -0.525. The number of fused-ring (bicyclic) bond motifs is 1. The summed E-state index contributed by atoms with van der Waals surface area (Å²) in [4.78, 5) is 25.6. The Morgan fingerprint density at radius 3 is 2.67 bits per heavy atom. The van der Waals surface area contributed by atoms with Crippen molar-refractivity contribution in [2.24, 2.45) is 0 Å². The lowest BCUT2D eigenvalue weighted by Gasteiger charge is -2.29. The maximum absolute atomic E-state index is 12.2. The van der Waals surface area contributed by atoms with Crippen molar-refractivity contribution in [2.75, 3.05) is 23.4 Å². The molecule has 2 amide bonds. The second-order valence-electron chi connectivity index (χ2n) is 5.09. The third-order valence-electron chi connectivity index (χ3n) is 3.40. The maximum Gasteiger partial charge on any atom is 0.265 e. The van der Waals surface area contributed by atoms with Crippen molar-refractivity contribution in [1.29, 1.82) is 0 Å². The van der Waals surface area contributed by atoms with E-state index >= 15 is 0 Å². The fourth-order valence-corrected chi connectivity index (χ4v) is 2.63. The molecule has 0 atom stereocenters. The predicted octanol–water partition coefficient (Wildman–Crippen LogP) is 3.06. The van der Waals surface area contributed by atoms with Gasteiger partial charge in [-0.1, -0.05) is 23.2 Å². The Labute approximate surface area is 147 Å². The molecule has 0 bridgehead atoms. The Morgan fingerprint density at radius 1 is 1.21 bits per heavy atom. The number of nitrogens with one attached hydrogen (secondary N) is 1. The van der Waals surface area contributed by atoms with Crippen molar-refractivity contribution < 1.29 is 19.4 Å². The minimum atomic E-state index is -0.478. The normalized spacial score (nSPS) is 13.2. The number of carbonyl (C=O) groups excluding carboxylic acids is 2. The number of amides is 2. The van der Waals surface area contributed by atoms with Gasteiger partial charge in [0.15, 0.2) is 6.61 Å². The van der Waals surface area contributed by atoms with Gasteiger partial charge >= 0.3 is 0 Å². The van der Waals surface area contributed by atoms with Crippen LogP contribution in [0.15, 0.2) is 36.4 Å². The molecule has 0 saturated heterocycles. The van der Waals surface area contributed by atoms with Gasteiger partial charge in [0.1, 0.15) is 18.0 Å². The number of benzene rings is 2. The molecular weight excluding hydrogens is 355 g/mol. The Hall–Kier alpha value is -2.44. The van der Waals surface area contributed by atoms with E-state index in [4.69, 9.17) is 27.9 Å². The summed E-state index contributed by atoms with van der Waals surface area (Å²) in [6, 6.07) is 9.15. The van der Waals surface area contributed by atoms with Crippen LogP contribution in [-0.4, -0.2) is 30.1 Å². The van der Waals surface area contributed by atoms with E-state index < -0.39 is 5.91 Å². The molecule has 0 saturated carbocycles. The number of phenols is 1. The van der Waals surface area contributed by atoms with Gasteiger partial charge in [-0.3, -0.25) is 14.5 Å². The summed E-state index contributed by atoms with van der Waals surface area (Å²) in [5.41, 5.74) is 0.630. The molecule has 0 spiro atoms. The zero-order valence-corrected chi connectivity index (χ0v) is 13.8. The van der Waals surface area contributed by atoms with E-state index in [0.29, 0.717) is 21.5 Å². The monoisotopic (exact) mass is 366 g/mol. The molecule has 0 radical (unpaired) electrons. The Bertz CT molecular complexity index is 826. The number of anilines is 2. The Kier molecular flexibility index (Phi) is 4.51. The topological polar surface area (TPSA) is 78.9 Å². The minimum Gasteiger partial charge on any atom is -0.506 e. The first-order valence-corrected chi connectivity index (χ1v) is 7.71. The zero-order chi connectivity index (χ0) is 17.3. The molecule has 1 aliphatic rings. The highest BCUT2D eigenvalue weighted by molar-refractivity contribution is 6.31. The highest BCUT2D eigenvalue weighted by atomic mass is 35.5. The SMILES string of the molecule is O=C(CN1C(=O)COc2ccc(Cl)cc21)Nc1ccc(Cl)cc1O. The largest absolute Gasteiger partial charge is 0.506 e. The van der Waals surface area contributed by atoms with Crippen LogP contribution in [0.5, 0.6) is 11.5 Å². The van der Waals surface area contributed by atoms with Crippen LogP contribution in [0.2, 0.25) is 10.0 Å². The van der Waals surface area contributed by atoms with Gasteiger partial charge in [-0.15, -0.1) is 0 Å². The number of halogens is 2. The number of phenolic OH excluding ortho intramolecular Hbond substituents is 1. The smallest absolute Gasteiger partial charge is 0.265 e. The van der Waals surface area contributed by atoms with Gasteiger partial charge in [-0.25, -0.2) is 0 Å². The number of hydrogen-bond donors (Lipinski definition) is 2. The first-order chi connectivity index (χ1) is 11.4. The number of carbonyl (C=O) groups is 2. The lowest BCUT2D eigenvalue weighted by Crippen LogP contribution is -2.43. The third kappa shape index (κ3) is 3.39. The Balaban J connectivity index is 1.79. The fourth-order valence-electron chi connectivity index (χ4n) is 2.29. The molecule has 1 heterocycles. The van der Waals surface area contributed by atoms with Crippen LogP contribution >= 0.6 is 23.2 Å². The minimum absolute atomic E-state index is 0.159. The van der Waals surface area contributed by atoms with Crippen LogP contribution in [-0.2, 0) is 9.59 Å². The average Bonchev–Trinajstić information content (AvgIpc) is 2.53. The third-order valence-corrected chi connectivity index (χ3v) is 3.87. The molecule has 6 nitrogen and oxygen atoms in total. The molecule has 2 aromatic carbocycles. The van der Waals surface area contributed by atoms with E-state index in [1.54, 1.807) is 18.2 Å². The van der Waals surface area contributed by atoms with E-state index in [0.717, 1.165) is 0 Å². The van der Waals surface area contributed by atoms with Gasteiger partial charge in [0.2, 0.25) is 5.91 Å². The van der Waals surface area contributed by atoms with Gasteiger partial charge in [0, 0.05) is 16.1 Å². The van der Waals surface area contributed by atoms with E-state index in [1.807, 2.05) is 0 Å². The van der Waals surface area contributed by atoms with Crippen molar-refractivity contribution in [2.45, 2.75) is 0 Å². The van der Waals surface area contributed by atoms with Crippen molar-refractivity contribution >= 4 is 46.4 Å². The van der Waals surface area contributed by atoms with Crippen molar-refractivity contribution in [3.63, 3.8) is 0 Å². The first kappa shape index (κ1) is 16.4. The highest BCUT2D eigenvalue weighted by Crippen LogP contribution is 2.34. The Morgan fingerprint density at radius 2 is 1.92 bits per heavy atom. The number of ether oxygens (including phenoxy) is 1. The maximum atomic E-state index is 12.2. The molecule has 0 unspecified atom stereocenters. The summed E-state index contributed by atoms with van der Waals surface area (Å²) >= 11 is 11.7.